The van der Waals surface area contributed by atoms with Gasteiger partial charge in [-0.2, -0.15) is 4.73 Å². The Morgan fingerprint density at radius 1 is 1.59 bits per heavy atom. The summed E-state index contributed by atoms with van der Waals surface area (Å²) in [5.41, 5.74) is 0. The molecule has 0 radical (unpaired) electrons. The molecule has 0 aromatic carbocycles. The SMILES string of the molecule is C=CCCS(=O)CC(=O)On1ccccc1=S. The lowest BCUT2D eigenvalue weighted by molar-refractivity contribution is -0.141. The number of hydrogen-bond donors (Lipinski definition) is 0. The van der Waals surface area contributed by atoms with Gasteiger partial charge in [-0.25, -0.2) is 4.79 Å². The van der Waals surface area contributed by atoms with Gasteiger partial charge in [-0.15, -0.1) is 6.58 Å². The van der Waals surface area contributed by atoms with Crippen LogP contribution in [0.5, 0.6) is 0 Å². The van der Waals surface area contributed by atoms with Gasteiger partial charge in [0, 0.05) is 22.7 Å². The Labute approximate surface area is 107 Å². The first-order chi connectivity index (χ1) is 8.13. The number of allylic oxidation sites excluding steroid dienone is 1. The van der Waals surface area contributed by atoms with E-state index in [9.17, 15) is 9.00 Å². The fourth-order valence-electron chi connectivity index (χ4n) is 1.04. The molecule has 4 nitrogen and oxygen atoms in total. The lowest BCUT2D eigenvalue weighted by atomic mass is 10.5. The van der Waals surface area contributed by atoms with E-state index < -0.39 is 16.8 Å². The van der Waals surface area contributed by atoms with Gasteiger partial charge >= 0.3 is 5.97 Å². The minimum atomic E-state index is -1.22. The van der Waals surface area contributed by atoms with Crippen molar-refractivity contribution in [1.29, 1.82) is 0 Å². The number of nitrogens with zero attached hydrogens (tertiary/aromatic N) is 1. The Hall–Kier alpha value is -1.27. The molecule has 0 spiro atoms. The number of carbonyl (C=O) groups excluding carboxylic acids is 1. The maximum Gasteiger partial charge on any atom is 0.345 e. The van der Waals surface area contributed by atoms with Crippen LogP contribution in [0.3, 0.4) is 0 Å². The summed E-state index contributed by atoms with van der Waals surface area (Å²) >= 11 is 4.95. The Bertz CT molecular complexity index is 482. The minimum absolute atomic E-state index is 0.134. The van der Waals surface area contributed by atoms with Crippen LogP contribution in [0.15, 0.2) is 37.1 Å². The van der Waals surface area contributed by atoms with Gasteiger partial charge in [0.25, 0.3) is 0 Å². The predicted molar refractivity (Wildman–Crippen MR) is 69.5 cm³/mol. The average Bonchev–Trinajstić information content (AvgIpc) is 2.29. The van der Waals surface area contributed by atoms with Crippen LogP contribution in [0.1, 0.15) is 6.42 Å². The summed E-state index contributed by atoms with van der Waals surface area (Å²) < 4.78 is 13.0. The van der Waals surface area contributed by atoms with Crippen LogP contribution in [0, 0.1) is 4.64 Å². The second kappa shape index (κ2) is 7.13. The summed E-state index contributed by atoms with van der Waals surface area (Å²) in [5.74, 6) is -0.279. The van der Waals surface area contributed by atoms with Crippen LogP contribution in [-0.4, -0.2) is 26.4 Å². The molecule has 1 aromatic rings. The standard InChI is InChI=1S/C11H13NO3S2/c1-2-3-8-17(14)9-11(13)15-12-7-5-4-6-10(12)16/h2,4-7H,1,3,8-9H2. The van der Waals surface area contributed by atoms with E-state index in [0.29, 0.717) is 16.8 Å². The van der Waals surface area contributed by atoms with Gasteiger partial charge in [0.1, 0.15) is 10.4 Å². The summed E-state index contributed by atoms with van der Waals surface area (Å²) in [6, 6.07) is 5.07. The molecule has 1 unspecified atom stereocenters. The first-order valence-corrected chi connectivity index (χ1v) is 6.88. The number of hydrogen-bond acceptors (Lipinski definition) is 4. The van der Waals surface area contributed by atoms with Gasteiger partial charge < -0.3 is 4.84 Å². The summed E-state index contributed by atoms with van der Waals surface area (Å²) in [6.07, 6.45) is 3.81. The Morgan fingerprint density at radius 2 is 2.35 bits per heavy atom. The molecule has 0 aliphatic rings. The van der Waals surface area contributed by atoms with Gasteiger partial charge in [-0.05, 0) is 18.6 Å². The lowest BCUT2D eigenvalue weighted by Gasteiger charge is -2.06. The van der Waals surface area contributed by atoms with Crippen LogP contribution >= 0.6 is 12.2 Å². The maximum absolute atomic E-state index is 11.4. The van der Waals surface area contributed by atoms with Crippen molar-refractivity contribution in [1.82, 2.24) is 4.73 Å². The second-order valence-corrected chi connectivity index (χ2v) is 5.19. The van der Waals surface area contributed by atoms with Gasteiger partial charge in [0.05, 0.1) is 0 Å². The molecule has 1 atom stereocenters. The van der Waals surface area contributed by atoms with Crippen molar-refractivity contribution >= 4 is 29.0 Å². The highest BCUT2D eigenvalue weighted by molar-refractivity contribution is 7.85. The van der Waals surface area contributed by atoms with Gasteiger partial charge in [0.15, 0.2) is 0 Å². The monoisotopic (exact) mass is 271 g/mol. The van der Waals surface area contributed by atoms with Crippen molar-refractivity contribution in [2.75, 3.05) is 11.5 Å². The van der Waals surface area contributed by atoms with E-state index in [-0.39, 0.29) is 5.75 Å². The zero-order valence-electron chi connectivity index (χ0n) is 9.20. The number of rotatable bonds is 6. The first-order valence-electron chi connectivity index (χ1n) is 4.98. The van der Waals surface area contributed by atoms with E-state index in [4.69, 9.17) is 17.1 Å². The highest BCUT2D eigenvalue weighted by Gasteiger charge is 2.09. The molecular weight excluding hydrogens is 258 g/mol. The normalized spacial score (nSPS) is 11.8. The van der Waals surface area contributed by atoms with Crippen LogP contribution in [0.4, 0.5) is 0 Å². The first kappa shape index (κ1) is 13.8. The zero-order valence-corrected chi connectivity index (χ0v) is 10.8. The number of pyridine rings is 1. The van der Waals surface area contributed by atoms with E-state index >= 15 is 0 Å². The zero-order chi connectivity index (χ0) is 12.7. The summed E-state index contributed by atoms with van der Waals surface area (Å²) in [6.45, 7) is 3.52. The van der Waals surface area contributed by atoms with Gasteiger partial charge in [-0.1, -0.05) is 24.4 Å². The quantitative estimate of drug-likeness (QED) is 0.581. The predicted octanol–water partition coefficient (Wildman–Crippen LogP) is 1.50. The number of aromatic nitrogens is 1. The molecule has 0 bridgehead atoms. The van der Waals surface area contributed by atoms with E-state index in [1.54, 1.807) is 24.3 Å². The van der Waals surface area contributed by atoms with Gasteiger partial charge in [-0.3, -0.25) is 4.21 Å². The molecule has 1 aromatic heterocycles. The number of carbonyl (C=O) groups is 1. The molecule has 1 rings (SSSR count). The van der Waals surface area contributed by atoms with Gasteiger partial charge in [0.2, 0.25) is 0 Å². The van der Waals surface area contributed by atoms with Crippen molar-refractivity contribution in [2.45, 2.75) is 6.42 Å². The molecular formula is C11H13NO3S2. The molecule has 1 heterocycles. The molecule has 92 valence electrons. The van der Waals surface area contributed by atoms with Crippen LogP contribution in [-0.2, 0) is 15.6 Å². The Kier molecular flexibility index (Phi) is 5.79. The lowest BCUT2D eigenvalue weighted by Crippen LogP contribution is -2.25. The molecule has 0 aliphatic carbocycles. The highest BCUT2D eigenvalue weighted by atomic mass is 32.2. The fraction of sp³-hybridized carbons (Fsp3) is 0.273. The maximum atomic E-state index is 11.4. The largest absolute Gasteiger partial charge is 0.345 e. The molecule has 17 heavy (non-hydrogen) atoms. The van der Waals surface area contributed by atoms with E-state index in [0.717, 1.165) is 0 Å². The molecule has 0 saturated heterocycles. The Morgan fingerprint density at radius 3 is 3.00 bits per heavy atom. The van der Waals surface area contributed by atoms with Crippen LogP contribution in [0.25, 0.3) is 0 Å². The molecule has 6 heteroatoms. The highest BCUT2D eigenvalue weighted by Crippen LogP contribution is 1.93. The smallest absolute Gasteiger partial charge is 0.335 e. The third-order valence-corrected chi connectivity index (χ3v) is 3.38. The third kappa shape index (κ3) is 5.06. The topological polar surface area (TPSA) is 48.3 Å². The van der Waals surface area contributed by atoms with E-state index in [1.807, 2.05) is 0 Å². The van der Waals surface area contributed by atoms with Crippen molar-refractivity contribution in [2.24, 2.45) is 0 Å². The minimum Gasteiger partial charge on any atom is -0.335 e. The Balaban J connectivity index is 2.50. The summed E-state index contributed by atoms with van der Waals surface area (Å²) in [5, 5.41) is 0. The van der Waals surface area contributed by atoms with Crippen molar-refractivity contribution in [3.63, 3.8) is 0 Å². The molecule has 0 aliphatic heterocycles. The average molecular weight is 271 g/mol. The van der Waals surface area contributed by atoms with Crippen molar-refractivity contribution in [3.8, 4) is 0 Å². The van der Waals surface area contributed by atoms with E-state index in [1.165, 1.54) is 10.9 Å². The molecule has 0 saturated carbocycles. The van der Waals surface area contributed by atoms with Crippen molar-refractivity contribution < 1.29 is 13.8 Å². The molecule has 0 N–H and O–H groups in total. The summed E-state index contributed by atoms with van der Waals surface area (Å²) in [7, 11) is -1.22. The molecule has 0 amide bonds. The van der Waals surface area contributed by atoms with Crippen LogP contribution < -0.4 is 4.84 Å². The summed E-state index contributed by atoms with van der Waals surface area (Å²) in [4.78, 5) is 16.4. The van der Waals surface area contributed by atoms with Crippen LogP contribution in [0.2, 0.25) is 0 Å². The van der Waals surface area contributed by atoms with E-state index in [2.05, 4.69) is 6.58 Å². The second-order valence-electron chi connectivity index (χ2n) is 3.19. The third-order valence-electron chi connectivity index (χ3n) is 1.82. The fourth-order valence-corrected chi connectivity index (χ4v) is 2.11. The molecule has 0 fully saturated rings. The van der Waals surface area contributed by atoms with Crippen molar-refractivity contribution in [3.05, 3.63) is 41.7 Å².